The van der Waals surface area contributed by atoms with E-state index in [9.17, 15) is 0 Å². The van der Waals surface area contributed by atoms with E-state index >= 15 is 0 Å². The minimum absolute atomic E-state index is 0.406. The first-order chi connectivity index (χ1) is 14.5. The van der Waals surface area contributed by atoms with E-state index in [0.717, 1.165) is 19.0 Å². The highest BCUT2D eigenvalue weighted by Gasteiger charge is 2.28. The molecule has 1 atom stereocenters. The second kappa shape index (κ2) is 9.14. The molecule has 2 aliphatic rings. The summed E-state index contributed by atoms with van der Waals surface area (Å²) in [6.07, 6.45) is 8.92. The van der Waals surface area contributed by atoms with Crippen LogP contribution in [0.4, 0.5) is 5.69 Å². The van der Waals surface area contributed by atoms with Gasteiger partial charge in [-0.3, -0.25) is 4.90 Å². The monoisotopic (exact) mass is 404 g/mol. The van der Waals surface area contributed by atoms with Gasteiger partial charge in [-0.1, -0.05) is 64.5 Å². The maximum atomic E-state index is 2.65. The Hall–Kier alpha value is -1.80. The molecule has 0 N–H and O–H groups in total. The summed E-state index contributed by atoms with van der Waals surface area (Å²) in [5.74, 6) is 0.798. The van der Waals surface area contributed by atoms with Gasteiger partial charge in [-0.15, -0.1) is 0 Å². The van der Waals surface area contributed by atoms with E-state index in [2.05, 4.69) is 80.0 Å². The summed E-state index contributed by atoms with van der Waals surface area (Å²) < 4.78 is 0. The average Bonchev–Trinajstić information content (AvgIpc) is 2.76. The molecule has 162 valence electrons. The fourth-order valence-electron chi connectivity index (χ4n) is 5.21. The van der Waals surface area contributed by atoms with Gasteiger partial charge in [0.05, 0.1) is 0 Å². The lowest BCUT2D eigenvalue weighted by Crippen LogP contribution is -2.46. The van der Waals surface area contributed by atoms with Crippen LogP contribution in [0.25, 0.3) is 16.3 Å². The molecule has 0 aromatic heterocycles. The molecule has 4 rings (SSSR count). The molecule has 2 aromatic rings. The largest absolute Gasteiger partial charge is 0.368 e. The number of fused-ring (bicyclic) bond motifs is 1. The van der Waals surface area contributed by atoms with Crippen molar-refractivity contribution in [1.82, 2.24) is 4.90 Å². The lowest BCUT2D eigenvalue weighted by atomic mass is 9.72. The molecule has 0 bridgehead atoms. The molecule has 0 amide bonds. The lowest BCUT2D eigenvalue weighted by Gasteiger charge is -2.38. The maximum Gasteiger partial charge on any atom is 0.0449 e. The van der Waals surface area contributed by atoms with E-state index in [4.69, 9.17) is 0 Å². The highest BCUT2D eigenvalue weighted by atomic mass is 15.3. The van der Waals surface area contributed by atoms with Gasteiger partial charge in [0.2, 0.25) is 0 Å². The van der Waals surface area contributed by atoms with Gasteiger partial charge in [-0.25, -0.2) is 0 Å². The summed E-state index contributed by atoms with van der Waals surface area (Å²) >= 11 is 0. The fourth-order valence-corrected chi connectivity index (χ4v) is 5.21. The molecular weight excluding hydrogens is 364 g/mol. The lowest BCUT2D eigenvalue weighted by molar-refractivity contribution is 0.225. The summed E-state index contributed by atoms with van der Waals surface area (Å²) in [4.78, 5) is 5.30. The van der Waals surface area contributed by atoms with E-state index in [-0.39, 0.29) is 0 Å². The zero-order chi connectivity index (χ0) is 21.1. The van der Waals surface area contributed by atoms with Crippen LogP contribution >= 0.6 is 0 Å². The highest BCUT2D eigenvalue weighted by molar-refractivity contribution is 5.92. The van der Waals surface area contributed by atoms with Crippen molar-refractivity contribution in [2.45, 2.75) is 59.8 Å². The normalized spacial score (nSPS) is 21.1. The number of hydrogen-bond acceptors (Lipinski definition) is 2. The molecule has 1 aliphatic heterocycles. The van der Waals surface area contributed by atoms with Crippen molar-refractivity contribution in [3.05, 3.63) is 48.0 Å². The van der Waals surface area contributed by atoms with Gasteiger partial charge >= 0.3 is 0 Å². The molecule has 1 saturated heterocycles. The van der Waals surface area contributed by atoms with Crippen LogP contribution in [0.1, 0.15) is 65.4 Å². The SMILES string of the molecule is CCCCN1CCN(c2cc3ccccc3cc2C2=CCC(C(C)(C)C)CC2)CC1. The number of unbranched alkanes of at least 4 members (excludes halogenated alkanes) is 1. The van der Waals surface area contributed by atoms with Crippen LogP contribution in [0.3, 0.4) is 0 Å². The Labute approximate surface area is 184 Å². The summed E-state index contributed by atoms with van der Waals surface area (Å²) in [6, 6.07) is 13.8. The minimum atomic E-state index is 0.406. The number of allylic oxidation sites excluding steroid dienone is 2. The molecule has 2 aromatic carbocycles. The molecule has 30 heavy (non-hydrogen) atoms. The first-order valence-corrected chi connectivity index (χ1v) is 12.1. The topological polar surface area (TPSA) is 6.48 Å². The second-order valence-corrected chi connectivity index (χ2v) is 10.5. The standard InChI is InChI=1S/C28H40N2/c1-5-6-15-29-16-18-30(19-17-29)27-21-24-10-8-7-9-23(24)20-26(27)22-11-13-25(14-12-22)28(2,3)4/h7-11,20-21,25H,5-6,12-19H2,1-4H3. The van der Waals surface area contributed by atoms with Crippen molar-refractivity contribution >= 4 is 22.0 Å². The molecule has 1 unspecified atom stereocenters. The predicted molar refractivity (Wildman–Crippen MR) is 132 cm³/mol. The van der Waals surface area contributed by atoms with Gasteiger partial charge in [0, 0.05) is 37.4 Å². The van der Waals surface area contributed by atoms with Gasteiger partial charge < -0.3 is 4.90 Å². The van der Waals surface area contributed by atoms with Crippen LogP contribution in [0.5, 0.6) is 0 Å². The predicted octanol–water partition coefficient (Wildman–Crippen LogP) is 6.99. The molecule has 1 heterocycles. The van der Waals surface area contributed by atoms with E-state index in [1.807, 2.05) is 0 Å². The van der Waals surface area contributed by atoms with Crippen LogP contribution in [-0.2, 0) is 0 Å². The third-order valence-corrected chi connectivity index (χ3v) is 7.39. The van der Waals surface area contributed by atoms with Gasteiger partial charge in [-0.2, -0.15) is 0 Å². The van der Waals surface area contributed by atoms with E-state index in [1.54, 1.807) is 5.57 Å². The van der Waals surface area contributed by atoms with Crippen molar-refractivity contribution in [2.24, 2.45) is 11.3 Å². The average molecular weight is 405 g/mol. The number of anilines is 1. The number of piperazine rings is 1. The van der Waals surface area contributed by atoms with Crippen LogP contribution in [0.2, 0.25) is 0 Å². The first-order valence-electron chi connectivity index (χ1n) is 12.1. The molecule has 2 nitrogen and oxygen atoms in total. The molecule has 2 heteroatoms. The number of benzene rings is 2. The van der Waals surface area contributed by atoms with Crippen molar-refractivity contribution in [1.29, 1.82) is 0 Å². The Kier molecular flexibility index (Phi) is 6.53. The molecule has 0 spiro atoms. The molecule has 0 radical (unpaired) electrons. The molecule has 1 fully saturated rings. The van der Waals surface area contributed by atoms with Gasteiger partial charge in [0.15, 0.2) is 0 Å². The summed E-state index contributed by atoms with van der Waals surface area (Å²) in [5.41, 5.74) is 4.93. The minimum Gasteiger partial charge on any atom is -0.368 e. The second-order valence-electron chi connectivity index (χ2n) is 10.5. The van der Waals surface area contributed by atoms with Crippen LogP contribution < -0.4 is 4.90 Å². The van der Waals surface area contributed by atoms with Crippen LogP contribution in [-0.4, -0.2) is 37.6 Å². The molecular formula is C28H40N2. The molecule has 1 aliphatic carbocycles. The van der Waals surface area contributed by atoms with Crippen LogP contribution in [0.15, 0.2) is 42.5 Å². The quantitative estimate of drug-likeness (QED) is 0.530. The van der Waals surface area contributed by atoms with Gasteiger partial charge in [0.25, 0.3) is 0 Å². The number of nitrogens with zero attached hydrogens (tertiary/aromatic N) is 2. The van der Waals surface area contributed by atoms with E-state index < -0.39 is 0 Å². The molecule has 0 saturated carbocycles. The zero-order valence-corrected chi connectivity index (χ0v) is 19.6. The summed E-state index contributed by atoms with van der Waals surface area (Å²) in [6.45, 7) is 15.4. The van der Waals surface area contributed by atoms with Crippen LogP contribution in [0, 0.1) is 11.3 Å². The summed E-state index contributed by atoms with van der Waals surface area (Å²) in [7, 11) is 0. The zero-order valence-electron chi connectivity index (χ0n) is 19.6. The van der Waals surface area contributed by atoms with E-state index in [0.29, 0.717) is 5.41 Å². The van der Waals surface area contributed by atoms with Gasteiger partial charge in [0.1, 0.15) is 0 Å². The first kappa shape index (κ1) is 21.4. The van der Waals surface area contributed by atoms with E-state index in [1.165, 1.54) is 73.8 Å². The fraction of sp³-hybridized carbons (Fsp3) is 0.571. The van der Waals surface area contributed by atoms with Crippen molar-refractivity contribution in [2.75, 3.05) is 37.6 Å². The third-order valence-electron chi connectivity index (χ3n) is 7.39. The van der Waals surface area contributed by atoms with Crippen molar-refractivity contribution < 1.29 is 0 Å². The van der Waals surface area contributed by atoms with Gasteiger partial charge in [-0.05, 0) is 72.0 Å². The van der Waals surface area contributed by atoms with Crippen molar-refractivity contribution in [3.8, 4) is 0 Å². The summed E-state index contributed by atoms with van der Waals surface area (Å²) in [5, 5.41) is 2.74. The Bertz CT molecular complexity index is 881. The maximum absolute atomic E-state index is 2.65. The smallest absolute Gasteiger partial charge is 0.0449 e. The Balaban J connectivity index is 1.62. The Morgan fingerprint density at radius 1 is 0.967 bits per heavy atom. The Morgan fingerprint density at radius 3 is 2.27 bits per heavy atom. The highest BCUT2D eigenvalue weighted by Crippen LogP contribution is 2.42. The Morgan fingerprint density at radius 2 is 1.67 bits per heavy atom. The number of hydrogen-bond donors (Lipinski definition) is 0. The number of rotatable bonds is 5. The third kappa shape index (κ3) is 4.75. The van der Waals surface area contributed by atoms with Crippen molar-refractivity contribution in [3.63, 3.8) is 0 Å².